The number of carbonyl (C=O) groups is 2. The van der Waals surface area contributed by atoms with Crippen LogP contribution in [-0.2, 0) is 32.6 Å². The zero-order chi connectivity index (χ0) is 30.0. The van der Waals surface area contributed by atoms with E-state index in [9.17, 15) is 18.0 Å². The molecule has 8 nitrogen and oxygen atoms in total. The molecular weight excluding hydrogens is 562 g/mol. The molecule has 0 aliphatic carbocycles. The van der Waals surface area contributed by atoms with Crippen molar-refractivity contribution in [3.05, 3.63) is 95.0 Å². The van der Waals surface area contributed by atoms with Crippen LogP contribution in [0.2, 0.25) is 5.02 Å². The summed E-state index contributed by atoms with van der Waals surface area (Å²) in [6.45, 7) is 6.35. The number of anilines is 1. The van der Waals surface area contributed by atoms with Crippen LogP contribution in [0.15, 0.2) is 78.9 Å². The Bertz CT molecular complexity index is 1380. The van der Waals surface area contributed by atoms with Crippen molar-refractivity contribution in [1.82, 2.24) is 10.2 Å². The SMILES string of the molecule is CCOc1ccc(N(CC(=O)N(Cc2ccc(Cl)cc2)[C@@H](Cc2ccccc2)C(=O)NCC(C)C)S(C)(=O)=O)cc1. The third-order valence-corrected chi connectivity index (χ3v) is 7.73. The third kappa shape index (κ3) is 9.79. The summed E-state index contributed by atoms with van der Waals surface area (Å²) in [5.74, 6) is -0.0287. The molecule has 0 unspecified atom stereocenters. The monoisotopic (exact) mass is 599 g/mol. The van der Waals surface area contributed by atoms with Crippen molar-refractivity contribution in [3.8, 4) is 5.75 Å². The van der Waals surface area contributed by atoms with Crippen molar-refractivity contribution >= 4 is 39.1 Å². The van der Waals surface area contributed by atoms with Crippen molar-refractivity contribution in [2.24, 2.45) is 5.92 Å². The van der Waals surface area contributed by atoms with Crippen LogP contribution < -0.4 is 14.4 Å². The number of sulfonamides is 1. The van der Waals surface area contributed by atoms with Crippen LogP contribution in [0.4, 0.5) is 5.69 Å². The molecule has 0 aromatic heterocycles. The first-order valence-electron chi connectivity index (χ1n) is 13.5. The van der Waals surface area contributed by atoms with E-state index in [0.717, 1.165) is 21.7 Å². The minimum atomic E-state index is -3.85. The van der Waals surface area contributed by atoms with Gasteiger partial charge in [0.2, 0.25) is 21.8 Å². The van der Waals surface area contributed by atoms with E-state index in [4.69, 9.17) is 16.3 Å². The average Bonchev–Trinajstić information content (AvgIpc) is 2.94. The molecule has 3 rings (SSSR count). The summed E-state index contributed by atoms with van der Waals surface area (Å²) in [4.78, 5) is 29.2. The first-order valence-corrected chi connectivity index (χ1v) is 15.8. The van der Waals surface area contributed by atoms with Crippen LogP contribution in [0, 0.1) is 5.92 Å². The number of ether oxygens (including phenoxy) is 1. The summed E-state index contributed by atoms with van der Waals surface area (Å²) in [6.07, 6.45) is 1.31. The van der Waals surface area contributed by atoms with Gasteiger partial charge in [-0.3, -0.25) is 13.9 Å². The Hall–Kier alpha value is -3.56. The number of hydrogen-bond acceptors (Lipinski definition) is 5. The van der Waals surface area contributed by atoms with Crippen LogP contribution >= 0.6 is 11.6 Å². The third-order valence-electron chi connectivity index (χ3n) is 6.34. The molecule has 0 saturated heterocycles. The highest BCUT2D eigenvalue weighted by molar-refractivity contribution is 7.92. The number of amides is 2. The second kappa shape index (κ2) is 14.9. The van der Waals surface area contributed by atoms with Gasteiger partial charge >= 0.3 is 0 Å². The molecule has 3 aromatic carbocycles. The quantitative estimate of drug-likeness (QED) is 0.284. The number of halogens is 1. The highest BCUT2D eigenvalue weighted by atomic mass is 35.5. The van der Waals surface area contributed by atoms with Gasteiger partial charge in [-0.1, -0.05) is 67.9 Å². The smallest absolute Gasteiger partial charge is 0.244 e. The predicted octanol–water partition coefficient (Wildman–Crippen LogP) is 4.92. The van der Waals surface area contributed by atoms with Gasteiger partial charge < -0.3 is 15.0 Å². The molecule has 0 radical (unpaired) electrons. The van der Waals surface area contributed by atoms with Gasteiger partial charge in [-0.05, 0) is 60.4 Å². The van der Waals surface area contributed by atoms with Crippen molar-refractivity contribution in [2.45, 2.75) is 39.8 Å². The highest BCUT2D eigenvalue weighted by Gasteiger charge is 2.33. The maximum Gasteiger partial charge on any atom is 0.244 e. The molecule has 0 saturated carbocycles. The summed E-state index contributed by atoms with van der Waals surface area (Å²) in [7, 11) is -3.85. The maximum absolute atomic E-state index is 14.1. The van der Waals surface area contributed by atoms with Crippen molar-refractivity contribution < 1.29 is 22.7 Å². The largest absolute Gasteiger partial charge is 0.494 e. The second-order valence-corrected chi connectivity index (χ2v) is 12.5. The molecule has 10 heteroatoms. The Labute approximate surface area is 248 Å². The summed E-state index contributed by atoms with van der Waals surface area (Å²) in [5, 5.41) is 3.51. The van der Waals surface area contributed by atoms with Gasteiger partial charge in [0.05, 0.1) is 18.6 Å². The lowest BCUT2D eigenvalue weighted by Gasteiger charge is -2.33. The van der Waals surface area contributed by atoms with E-state index in [1.165, 1.54) is 4.90 Å². The van der Waals surface area contributed by atoms with E-state index in [1.54, 1.807) is 48.5 Å². The Morgan fingerprint density at radius 3 is 2.12 bits per heavy atom. The lowest BCUT2D eigenvalue weighted by molar-refractivity contribution is -0.140. The average molecular weight is 600 g/mol. The van der Waals surface area contributed by atoms with E-state index in [-0.39, 0.29) is 24.8 Å². The zero-order valence-corrected chi connectivity index (χ0v) is 25.5. The van der Waals surface area contributed by atoms with Crippen LogP contribution in [0.3, 0.4) is 0 Å². The second-order valence-electron chi connectivity index (χ2n) is 10.2. The van der Waals surface area contributed by atoms with Crippen molar-refractivity contribution in [1.29, 1.82) is 0 Å². The van der Waals surface area contributed by atoms with E-state index in [2.05, 4.69) is 5.32 Å². The number of rotatable bonds is 14. The molecule has 0 heterocycles. The summed E-state index contributed by atoms with van der Waals surface area (Å²) >= 11 is 6.09. The number of nitrogens with one attached hydrogen (secondary N) is 1. The Morgan fingerprint density at radius 2 is 1.56 bits per heavy atom. The maximum atomic E-state index is 14.1. The van der Waals surface area contributed by atoms with Gasteiger partial charge in [0, 0.05) is 24.5 Å². The molecule has 0 aliphatic rings. The molecule has 41 heavy (non-hydrogen) atoms. The molecule has 0 spiro atoms. The number of nitrogens with zero attached hydrogens (tertiary/aromatic N) is 2. The number of carbonyl (C=O) groups excluding carboxylic acids is 2. The lowest BCUT2D eigenvalue weighted by atomic mass is 10.0. The molecule has 3 aromatic rings. The summed E-state index contributed by atoms with van der Waals surface area (Å²) in [5.41, 5.74) is 1.95. The first kappa shape index (κ1) is 32.0. The highest BCUT2D eigenvalue weighted by Crippen LogP contribution is 2.23. The fourth-order valence-corrected chi connectivity index (χ4v) is 5.23. The topological polar surface area (TPSA) is 96.0 Å². The minimum absolute atomic E-state index is 0.0868. The van der Waals surface area contributed by atoms with Crippen molar-refractivity contribution in [3.63, 3.8) is 0 Å². The molecule has 2 amide bonds. The molecule has 1 atom stereocenters. The number of benzene rings is 3. The molecule has 0 bridgehead atoms. The lowest BCUT2D eigenvalue weighted by Crippen LogP contribution is -2.53. The zero-order valence-electron chi connectivity index (χ0n) is 23.9. The van der Waals surface area contributed by atoms with Gasteiger partial charge in [-0.2, -0.15) is 0 Å². The van der Waals surface area contributed by atoms with Crippen LogP contribution in [0.25, 0.3) is 0 Å². The Balaban J connectivity index is 2.02. The van der Waals surface area contributed by atoms with E-state index >= 15 is 0 Å². The van der Waals surface area contributed by atoms with Crippen LogP contribution in [0.5, 0.6) is 5.75 Å². The van der Waals surface area contributed by atoms with Gasteiger partial charge in [0.15, 0.2) is 0 Å². The normalized spacial score (nSPS) is 12.0. The fraction of sp³-hybridized carbons (Fsp3) is 0.355. The predicted molar refractivity (Wildman–Crippen MR) is 164 cm³/mol. The van der Waals surface area contributed by atoms with Gasteiger partial charge in [0.1, 0.15) is 18.3 Å². The van der Waals surface area contributed by atoms with Gasteiger partial charge in [-0.25, -0.2) is 8.42 Å². The Morgan fingerprint density at radius 1 is 0.927 bits per heavy atom. The standard InChI is InChI=1S/C31H38ClN3O5S/c1-5-40-28-17-15-27(16-18-28)35(41(4,38)39)22-30(36)34(21-25-11-13-26(32)14-12-25)29(31(37)33-20-23(2)3)19-24-9-7-6-8-10-24/h6-18,23,29H,5,19-22H2,1-4H3,(H,33,37)/t29-/m0/s1. The summed E-state index contributed by atoms with van der Waals surface area (Å²) < 4.78 is 32.3. The first-order chi connectivity index (χ1) is 19.5. The fourth-order valence-electron chi connectivity index (χ4n) is 4.25. The van der Waals surface area contributed by atoms with Crippen LogP contribution in [-0.4, -0.2) is 57.1 Å². The molecule has 1 N–H and O–H groups in total. The van der Waals surface area contributed by atoms with Crippen LogP contribution in [0.1, 0.15) is 31.9 Å². The van der Waals surface area contributed by atoms with Crippen molar-refractivity contribution in [2.75, 3.05) is 30.3 Å². The van der Waals surface area contributed by atoms with E-state index in [0.29, 0.717) is 29.6 Å². The van der Waals surface area contributed by atoms with Gasteiger partial charge in [-0.15, -0.1) is 0 Å². The Kier molecular flexibility index (Phi) is 11.6. The molecule has 0 aliphatic heterocycles. The molecule has 0 fully saturated rings. The number of hydrogen-bond donors (Lipinski definition) is 1. The van der Waals surface area contributed by atoms with Gasteiger partial charge in [0.25, 0.3) is 0 Å². The van der Waals surface area contributed by atoms with E-state index < -0.39 is 28.5 Å². The summed E-state index contributed by atoms with van der Waals surface area (Å²) in [6, 6.07) is 22.1. The molecular formula is C31H38ClN3O5S. The van der Waals surface area contributed by atoms with E-state index in [1.807, 2.05) is 51.1 Å². The molecule has 220 valence electrons. The minimum Gasteiger partial charge on any atom is -0.494 e.